The summed E-state index contributed by atoms with van der Waals surface area (Å²) in [6, 6.07) is 0. The van der Waals surface area contributed by atoms with Crippen LogP contribution in [-0.4, -0.2) is 22.9 Å². The molecule has 0 aliphatic rings. The van der Waals surface area contributed by atoms with Crippen molar-refractivity contribution in [1.82, 2.24) is 15.1 Å². The molecule has 1 aromatic heterocycles. The largest absolute Gasteiger partial charge is 0.316 e. The highest BCUT2D eigenvalue weighted by Crippen LogP contribution is 2.19. The zero-order valence-corrected chi connectivity index (χ0v) is 12.8. The molecule has 0 saturated heterocycles. The highest BCUT2D eigenvalue weighted by molar-refractivity contribution is 6.31. The number of aryl methyl sites for hydroxylation is 1. The van der Waals surface area contributed by atoms with Crippen molar-refractivity contribution in [2.24, 2.45) is 11.8 Å². The van der Waals surface area contributed by atoms with Gasteiger partial charge >= 0.3 is 0 Å². The Hall–Kier alpha value is -0.540. The van der Waals surface area contributed by atoms with E-state index in [1.807, 2.05) is 4.68 Å². The van der Waals surface area contributed by atoms with Crippen molar-refractivity contribution in [3.05, 3.63) is 16.9 Å². The van der Waals surface area contributed by atoms with Gasteiger partial charge in [-0.05, 0) is 37.8 Å². The van der Waals surface area contributed by atoms with E-state index < -0.39 is 0 Å². The third-order valence-electron chi connectivity index (χ3n) is 2.92. The maximum atomic E-state index is 6.21. The molecule has 0 spiro atoms. The molecule has 1 N–H and O–H groups in total. The fourth-order valence-electron chi connectivity index (χ4n) is 2.02. The fraction of sp³-hybridized carbons (Fsp3) is 0.786. The second-order valence-corrected chi connectivity index (χ2v) is 5.93. The van der Waals surface area contributed by atoms with E-state index in [0.717, 1.165) is 37.5 Å². The van der Waals surface area contributed by atoms with Crippen LogP contribution in [0.5, 0.6) is 0 Å². The van der Waals surface area contributed by atoms with Gasteiger partial charge in [-0.15, -0.1) is 0 Å². The number of nitrogens with zero attached hydrogens (tertiary/aromatic N) is 2. The van der Waals surface area contributed by atoms with Crippen molar-refractivity contribution in [2.45, 2.75) is 47.1 Å². The van der Waals surface area contributed by atoms with E-state index in [4.69, 9.17) is 11.6 Å². The number of rotatable bonds is 8. The molecule has 0 amide bonds. The SMILES string of the molecule is CCCn1ncc(Cl)c1CC(C)CNCC(C)C. The first-order valence-corrected chi connectivity index (χ1v) is 7.33. The molecule has 0 aromatic carbocycles. The standard InChI is InChI=1S/C14H26ClN3/c1-5-6-18-14(13(15)10-17-18)7-12(4)9-16-8-11(2)3/h10-12,16H,5-9H2,1-4H3. The molecule has 1 rings (SSSR count). The fourth-order valence-corrected chi connectivity index (χ4v) is 2.23. The van der Waals surface area contributed by atoms with Gasteiger partial charge in [-0.3, -0.25) is 4.68 Å². The predicted octanol–water partition coefficient (Wildman–Crippen LogP) is 3.37. The van der Waals surface area contributed by atoms with Crippen molar-refractivity contribution < 1.29 is 0 Å². The molecule has 0 saturated carbocycles. The van der Waals surface area contributed by atoms with Crippen LogP contribution in [0.3, 0.4) is 0 Å². The van der Waals surface area contributed by atoms with Crippen molar-refractivity contribution in [3.63, 3.8) is 0 Å². The maximum Gasteiger partial charge on any atom is 0.0817 e. The summed E-state index contributed by atoms with van der Waals surface area (Å²) in [6.45, 7) is 11.9. The van der Waals surface area contributed by atoms with Crippen molar-refractivity contribution in [2.75, 3.05) is 13.1 Å². The average Bonchev–Trinajstić information content (AvgIpc) is 2.61. The number of hydrogen-bond acceptors (Lipinski definition) is 2. The van der Waals surface area contributed by atoms with Gasteiger partial charge in [-0.2, -0.15) is 5.10 Å². The van der Waals surface area contributed by atoms with E-state index in [9.17, 15) is 0 Å². The Morgan fingerprint density at radius 2 is 2.06 bits per heavy atom. The molecule has 0 aliphatic carbocycles. The Kier molecular flexibility index (Phi) is 6.72. The molecule has 0 fully saturated rings. The Morgan fingerprint density at radius 1 is 1.33 bits per heavy atom. The van der Waals surface area contributed by atoms with Gasteiger partial charge < -0.3 is 5.32 Å². The lowest BCUT2D eigenvalue weighted by molar-refractivity contribution is 0.457. The first kappa shape index (κ1) is 15.5. The molecule has 104 valence electrons. The second-order valence-electron chi connectivity index (χ2n) is 5.52. The minimum atomic E-state index is 0.577. The van der Waals surface area contributed by atoms with Crippen LogP contribution in [0.1, 0.15) is 39.8 Å². The Balaban J connectivity index is 2.47. The van der Waals surface area contributed by atoms with Crippen LogP contribution >= 0.6 is 11.6 Å². The monoisotopic (exact) mass is 271 g/mol. The molecule has 18 heavy (non-hydrogen) atoms. The molecule has 3 nitrogen and oxygen atoms in total. The zero-order chi connectivity index (χ0) is 13.5. The third kappa shape index (κ3) is 4.99. The van der Waals surface area contributed by atoms with E-state index in [2.05, 4.69) is 38.1 Å². The number of halogens is 1. The lowest BCUT2D eigenvalue weighted by atomic mass is 10.1. The zero-order valence-electron chi connectivity index (χ0n) is 12.0. The summed E-state index contributed by atoms with van der Waals surface area (Å²) in [7, 11) is 0. The maximum absolute atomic E-state index is 6.21. The molecule has 1 atom stereocenters. The lowest BCUT2D eigenvalue weighted by Gasteiger charge is -2.15. The van der Waals surface area contributed by atoms with Gasteiger partial charge in [0.15, 0.2) is 0 Å². The van der Waals surface area contributed by atoms with E-state index in [1.165, 1.54) is 5.69 Å². The Bertz CT molecular complexity index is 347. The average molecular weight is 272 g/mol. The van der Waals surface area contributed by atoms with Gasteiger partial charge in [0.05, 0.1) is 16.9 Å². The molecular weight excluding hydrogens is 246 g/mol. The number of aromatic nitrogens is 2. The van der Waals surface area contributed by atoms with Crippen LogP contribution in [-0.2, 0) is 13.0 Å². The second kappa shape index (κ2) is 7.80. The minimum Gasteiger partial charge on any atom is -0.316 e. The molecule has 0 aliphatic heterocycles. The van der Waals surface area contributed by atoms with Crippen molar-refractivity contribution in [3.8, 4) is 0 Å². The van der Waals surface area contributed by atoms with Gasteiger partial charge in [0, 0.05) is 6.54 Å². The molecule has 1 aromatic rings. The van der Waals surface area contributed by atoms with E-state index in [0.29, 0.717) is 11.8 Å². The molecule has 0 bridgehead atoms. The van der Waals surface area contributed by atoms with Gasteiger partial charge in [0.1, 0.15) is 0 Å². The van der Waals surface area contributed by atoms with Crippen LogP contribution < -0.4 is 5.32 Å². The van der Waals surface area contributed by atoms with E-state index >= 15 is 0 Å². The smallest absolute Gasteiger partial charge is 0.0817 e. The van der Waals surface area contributed by atoms with Gasteiger partial charge in [-0.25, -0.2) is 0 Å². The quantitative estimate of drug-likeness (QED) is 0.786. The molecule has 4 heteroatoms. The summed E-state index contributed by atoms with van der Waals surface area (Å²) in [5.74, 6) is 1.28. The van der Waals surface area contributed by atoms with Gasteiger partial charge in [-0.1, -0.05) is 39.3 Å². The van der Waals surface area contributed by atoms with Crippen LogP contribution in [0.4, 0.5) is 0 Å². The highest BCUT2D eigenvalue weighted by Gasteiger charge is 2.12. The van der Waals surface area contributed by atoms with Crippen molar-refractivity contribution >= 4 is 11.6 Å². The normalized spacial score (nSPS) is 13.2. The summed E-state index contributed by atoms with van der Waals surface area (Å²) < 4.78 is 2.04. The Morgan fingerprint density at radius 3 is 2.67 bits per heavy atom. The molecular formula is C14H26ClN3. The van der Waals surface area contributed by atoms with Crippen LogP contribution in [0.2, 0.25) is 5.02 Å². The predicted molar refractivity (Wildman–Crippen MR) is 78.1 cm³/mol. The summed E-state index contributed by atoms with van der Waals surface area (Å²) in [5.41, 5.74) is 1.18. The summed E-state index contributed by atoms with van der Waals surface area (Å²) in [6.07, 6.45) is 3.84. The third-order valence-corrected chi connectivity index (χ3v) is 3.24. The summed E-state index contributed by atoms with van der Waals surface area (Å²) >= 11 is 6.21. The van der Waals surface area contributed by atoms with Gasteiger partial charge in [0.25, 0.3) is 0 Å². The first-order chi connectivity index (χ1) is 8.54. The van der Waals surface area contributed by atoms with E-state index in [1.54, 1.807) is 6.20 Å². The van der Waals surface area contributed by atoms with Gasteiger partial charge in [0.2, 0.25) is 0 Å². The van der Waals surface area contributed by atoms with Crippen LogP contribution in [0.25, 0.3) is 0 Å². The molecule has 1 heterocycles. The van der Waals surface area contributed by atoms with Crippen LogP contribution in [0, 0.1) is 11.8 Å². The van der Waals surface area contributed by atoms with Crippen molar-refractivity contribution in [1.29, 1.82) is 0 Å². The minimum absolute atomic E-state index is 0.577. The number of nitrogens with one attached hydrogen (secondary N) is 1. The number of hydrogen-bond donors (Lipinski definition) is 1. The molecule has 1 unspecified atom stereocenters. The van der Waals surface area contributed by atoms with Crippen LogP contribution in [0.15, 0.2) is 6.20 Å². The highest BCUT2D eigenvalue weighted by atomic mass is 35.5. The topological polar surface area (TPSA) is 29.9 Å². The summed E-state index contributed by atoms with van der Waals surface area (Å²) in [5, 5.41) is 8.63. The summed E-state index contributed by atoms with van der Waals surface area (Å²) in [4.78, 5) is 0. The Labute approximate surface area is 116 Å². The van der Waals surface area contributed by atoms with E-state index in [-0.39, 0.29) is 0 Å². The molecule has 0 radical (unpaired) electrons. The first-order valence-electron chi connectivity index (χ1n) is 6.95. The lowest BCUT2D eigenvalue weighted by Crippen LogP contribution is -2.26.